The van der Waals surface area contributed by atoms with Gasteiger partial charge in [-0.2, -0.15) is 0 Å². The van der Waals surface area contributed by atoms with Crippen LogP contribution in [0.5, 0.6) is 0 Å². The Balaban J connectivity index is 2.01. The third kappa shape index (κ3) is 7.58. The molecular weight excluding hydrogens is 479 g/mol. The maximum atomic E-state index is 13.8. The predicted octanol–water partition coefficient (Wildman–Crippen LogP) is 6.26. The number of rotatable bonds is 10. The zero-order chi connectivity index (χ0) is 25.4. The molecule has 2 amide bonds. The molecule has 3 aromatic rings. The van der Waals surface area contributed by atoms with Gasteiger partial charge in [-0.1, -0.05) is 97.7 Å². The molecule has 184 valence electrons. The van der Waals surface area contributed by atoms with Crippen molar-refractivity contribution in [3.8, 4) is 0 Å². The Morgan fingerprint density at radius 1 is 0.886 bits per heavy atom. The number of hydrogen-bond acceptors (Lipinski definition) is 2. The van der Waals surface area contributed by atoms with Crippen LogP contribution in [0.1, 0.15) is 36.1 Å². The van der Waals surface area contributed by atoms with Crippen molar-refractivity contribution in [3.63, 3.8) is 0 Å². The summed E-state index contributed by atoms with van der Waals surface area (Å²) in [4.78, 5) is 29.0. The normalized spacial score (nSPS) is 11.8. The fourth-order valence-corrected chi connectivity index (χ4v) is 4.43. The van der Waals surface area contributed by atoms with Crippen LogP contribution in [0, 0.1) is 12.8 Å². The van der Waals surface area contributed by atoms with Crippen LogP contribution in [0.3, 0.4) is 0 Å². The zero-order valence-electron chi connectivity index (χ0n) is 20.4. The largest absolute Gasteiger partial charge is 0.354 e. The summed E-state index contributed by atoms with van der Waals surface area (Å²) in [6.07, 6.45) is 0.409. The first-order chi connectivity index (χ1) is 16.8. The van der Waals surface area contributed by atoms with Crippen molar-refractivity contribution in [1.29, 1.82) is 0 Å². The van der Waals surface area contributed by atoms with E-state index in [4.69, 9.17) is 23.2 Å². The predicted molar refractivity (Wildman–Crippen MR) is 144 cm³/mol. The Labute approximate surface area is 218 Å². The molecule has 6 heteroatoms. The van der Waals surface area contributed by atoms with E-state index in [2.05, 4.69) is 5.32 Å². The van der Waals surface area contributed by atoms with Crippen molar-refractivity contribution < 1.29 is 9.59 Å². The van der Waals surface area contributed by atoms with E-state index in [1.807, 2.05) is 75.4 Å². The number of nitrogens with zero attached hydrogens (tertiary/aromatic N) is 1. The van der Waals surface area contributed by atoms with Gasteiger partial charge in [0, 0.05) is 29.6 Å². The van der Waals surface area contributed by atoms with Gasteiger partial charge in [0.25, 0.3) is 0 Å². The van der Waals surface area contributed by atoms with Gasteiger partial charge >= 0.3 is 0 Å². The number of nitrogens with one attached hydrogen (secondary N) is 1. The van der Waals surface area contributed by atoms with Gasteiger partial charge in [0.2, 0.25) is 11.8 Å². The van der Waals surface area contributed by atoms with E-state index in [9.17, 15) is 9.59 Å². The maximum Gasteiger partial charge on any atom is 0.243 e. The molecule has 0 aliphatic carbocycles. The molecule has 3 rings (SSSR count). The number of hydrogen-bond donors (Lipinski definition) is 1. The molecule has 0 aliphatic heterocycles. The summed E-state index contributed by atoms with van der Waals surface area (Å²) in [6, 6.07) is 22.2. The first-order valence-electron chi connectivity index (χ1n) is 11.8. The van der Waals surface area contributed by atoms with E-state index in [0.717, 1.165) is 16.7 Å². The number of amides is 2. The molecular formula is C29H32Cl2N2O2. The third-order valence-electron chi connectivity index (χ3n) is 5.95. The minimum absolute atomic E-state index is 0.00708. The average molecular weight is 511 g/mol. The van der Waals surface area contributed by atoms with Crippen LogP contribution >= 0.6 is 23.2 Å². The number of carbonyl (C=O) groups excluding carboxylic acids is 2. The lowest BCUT2D eigenvalue weighted by Crippen LogP contribution is -2.51. The standard InChI is InChI=1S/C29H32Cl2N2O2/c1-20(2)18-32-29(35)27(16-22-11-5-4-6-12-22)33(19-23-13-8-7-10-21(23)3)28(34)17-24-25(30)14-9-15-26(24)31/h4-15,20,27H,16-19H2,1-3H3,(H,32,35). The Morgan fingerprint density at radius 3 is 2.14 bits per heavy atom. The SMILES string of the molecule is Cc1ccccc1CN(C(=O)Cc1c(Cl)cccc1Cl)C(Cc1ccccc1)C(=O)NCC(C)C. The molecule has 0 aliphatic rings. The first-order valence-corrected chi connectivity index (χ1v) is 12.6. The Kier molecular flexibility index (Phi) is 9.76. The van der Waals surface area contributed by atoms with Crippen LogP contribution in [0.15, 0.2) is 72.8 Å². The van der Waals surface area contributed by atoms with E-state index in [1.165, 1.54) is 0 Å². The van der Waals surface area contributed by atoms with Gasteiger partial charge in [0.05, 0.1) is 6.42 Å². The third-order valence-corrected chi connectivity index (χ3v) is 6.66. The van der Waals surface area contributed by atoms with Crippen molar-refractivity contribution in [2.45, 2.75) is 46.2 Å². The van der Waals surface area contributed by atoms with E-state index in [-0.39, 0.29) is 18.2 Å². The molecule has 1 N–H and O–H groups in total. The molecule has 1 unspecified atom stereocenters. The average Bonchev–Trinajstić information content (AvgIpc) is 2.83. The number of benzene rings is 3. The highest BCUT2D eigenvalue weighted by atomic mass is 35.5. The minimum Gasteiger partial charge on any atom is -0.354 e. The zero-order valence-corrected chi connectivity index (χ0v) is 21.9. The fourth-order valence-electron chi connectivity index (χ4n) is 3.90. The Hall–Kier alpha value is -2.82. The quantitative estimate of drug-likeness (QED) is 0.350. The van der Waals surface area contributed by atoms with Crippen LogP contribution in [0.25, 0.3) is 0 Å². The molecule has 0 radical (unpaired) electrons. The summed E-state index contributed by atoms with van der Waals surface area (Å²) in [7, 11) is 0. The van der Waals surface area contributed by atoms with Crippen LogP contribution in [-0.4, -0.2) is 29.3 Å². The molecule has 0 spiro atoms. The summed E-state index contributed by atoms with van der Waals surface area (Å²) in [5, 5.41) is 3.91. The first kappa shape index (κ1) is 26.8. The molecule has 0 bridgehead atoms. The van der Waals surface area contributed by atoms with E-state index in [1.54, 1.807) is 23.1 Å². The molecule has 1 atom stereocenters. The van der Waals surface area contributed by atoms with Gasteiger partial charge in [0.15, 0.2) is 0 Å². The topological polar surface area (TPSA) is 49.4 Å². The van der Waals surface area contributed by atoms with Gasteiger partial charge in [-0.25, -0.2) is 0 Å². The highest BCUT2D eigenvalue weighted by molar-refractivity contribution is 6.36. The van der Waals surface area contributed by atoms with Crippen LogP contribution in [0.4, 0.5) is 0 Å². The maximum absolute atomic E-state index is 13.8. The molecule has 0 aromatic heterocycles. The highest BCUT2D eigenvalue weighted by Gasteiger charge is 2.31. The van der Waals surface area contributed by atoms with Crippen molar-refractivity contribution >= 4 is 35.0 Å². The van der Waals surface area contributed by atoms with Gasteiger partial charge in [0.1, 0.15) is 6.04 Å². The lowest BCUT2D eigenvalue weighted by Gasteiger charge is -2.32. The second-order valence-electron chi connectivity index (χ2n) is 9.17. The van der Waals surface area contributed by atoms with Gasteiger partial charge in [-0.05, 0) is 47.2 Å². The Bertz CT molecular complexity index is 1130. The lowest BCUT2D eigenvalue weighted by atomic mass is 10.00. The van der Waals surface area contributed by atoms with Crippen LogP contribution in [-0.2, 0) is 29.0 Å². The van der Waals surface area contributed by atoms with E-state index >= 15 is 0 Å². The van der Waals surface area contributed by atoms with Crippen molar-refractivity contribution in [2.24, 2.45) is 5.92 Å². The minimum atomic E-state index is -0.690. The summed E-state index contributed by atoms with van der Waals surface area (Å²) in [6.45, 7) is 6.94. The molecule has 4 nitrogen and oxygen atoms in total. The number of halogens is 2. The number of carbonyl (C=O) groups is 2. The molecule has 3 aromatic carbocycles. The smallest absolute Gasteiger partial charge is 0.243 e. The second kappa shape index (κ2) is 12.8. The van der Waals surface area contributed by atoms with Crippen molar-refractivity contribution in [3.05, 3.63) is 105 Å². The summed E-state index contributed by atoms with van der Waals surface area (Å²) in [5.74, 6) is -0.0857. The molecule has 0 saturated carbocycles. The fraction of sp³-hybridized carbons (Fsp3) is 0.310. The monoisotopic (exact) mass is 510 g/mol. The summed E-state index contributed by atoms with van der Waals surface area (Å²) >= 11 is 12.8. The van der Waals surface area contributed by atoms with Gasteiger partial charge in [-0.3, -0.25) is 9.59 Å². The van der Waals surface area contributed by atoms with Crippen molar-refractivity contribution in [2.75, 3.05) is 6.54 Å². The van der Waals surface area contributed by atoms with E-state index < -0.39 is 6.04 Å². The molecule has 35 heavy (non-hydrogen) atoms. The van der Waals surface area contributed by atoms with Gasteiger partial charge in [-0.15, -0.1) is 0 Å². The highest BCUT2D eigenvalue weighted by Crippen LogP contribution is 2.26. The van der Waals surface area contributed by atoms with Gasteiger partial charge < -0.3 is 10.2 Å². The number of aryl methyl sites for hydroxylation is 1. The second-order valence-corrected chi connectivity index (χ2v) is 9.98. The Morgan fingerprint density at radius 2 is 1.51 bits per heavy atom. The summed E-state index contributed by atoms with van der Waals surface area (Å²) in [5.41, 5.74) is 3.59. The van der Waals surface area contributed by atoms with Crippen molar-refractivity contribution in [1.82, 2.24) is 10.2 Å². The molecule has 0 heterocycles. The van der Waals surface area contributed by atoms with E-state index in [0.29, 0.717) is 41.0 Å². The lowest BCUT2D eigenvalue weighted by molar-refractivity contribution is -0.140. The van der Waals surface area contributed by atoms with Crippen LogP contribution in [0.2, 0.25) is 10.0 Å². The molecule has 0 fully saturated rings. The van der Waals surface area contributed by atoms with Crippen LogP contribution < -0.4 is 5.32 Å². The summed E-state index contributed by atoms with van der Waals surface area (Å²) < 4.78 is 0. The molecule has 0 saturated heterocycles.